The first-order valence-electron chi connectivity index (χ1n) is 6.99. The molecule has 0 atom stereocenters. The summed E-state index contributed by atoms with van der Waals surface area (Å²) in [4.78, 5) is 14.3. The van der Waals surface area contributed by atoms with Crippen LogP contribution in [0.4, 0.5) is 0 Å². The number of nitrogens with zero attached hydrogens (tertiary/aromatic N) is 2. The van der Waals surface area contributed by atoms with Crippen LogP contribution >= 0.6 is 0 Å². The Balaban J connectivity index is 2.01. The van der Waals surface area contributed by atoms with Crippen LogP contribution < -0.4 is 0 Å². The molecule has 0 aromatic heterocycles. The van der Waals surface area contributed by atoms with Gasteiger partial charge in [-0.2, -0.15) is 5.26 Å². The third kappa shape index (κ3) is 3.42. The predicted octanol–water partition coefficient (Wildman–Crippen LogP) is 2.59. The molecule has 0 saturated carbocycles. The Morgan fingerprint density at radius 2 is 2.16 bits per heavy atom. The van der Waals surface area contributed by atoms with E-state index in [0.717, 1.165) is 24.9 Å². The maximum atomic E-state index is 12.3. The van der Waals surface area contributed by atoms with Crippen LogP contribution in [0.3, 0.4) is 0 Å². The number of likely N-dealkylation sites (N-methyl/N-ethyl adjacent to an activating group) is 1. The highest BCUT2D eigenvalue weighted by Crippen LogP contribution is 2.23. The highest BCUT2D eigenvalue weighted by atomic mass is 16.1. The Hall–Kier alpha value is -1.66. The Kier molecular flexibility index (Phi) is 4.70. The highest BCUT2D eigenvalue weighted by Gasteiger charge is 2.15. The third-order valence-electron chi connectivity index (χ3n) is 3.77. The molecular formula is C16H20N2O. The van der Waals surface area contributed by atoms with E-state index >= 15 is 0 Å². The van der Waals surface area contributed by atoms with Crippen molar-refractivity contribution in [2.75, 3.05) is 19.6 Å². The number of fused-ring (bicyclic) bond motifs is 1. The number of aryl methyl sites for hydroxylation is 2. The minimum atomic E-state index is 0.162. The average Bonchev–Trinajstić information content (AvgIpc) is 2.90. The van der Waals surface area contributed by atoms with Crippen molar-refractivity contribution < 1.29 is 4.79 Å². The van der Waals surface area contributed by atoms with E-state index in [1.165, 1.54) is 17.5 Å². The molecule has 0 heterocycles. The summed E-state index contributed by atoms with van der Waals surface area (Å²) in [6, 6.07) is 8.23. The fraction of sp³-hybridized carbons (Fsp3) is 0.500. The van der Waals surface area contributed by atoms with Gasteiger partial charge in [0.05, 0.1) is 12.6 Å². The number of carbonyl (C=O) groups excluding carboxylic acids is 1. The summed E-state index contributed by atoms with van der Waals surface area (Å²) in [7, 11) is 0. The molecule has 0 N–H and O–H groups in total. The molecular weight excluding hydrogens is 236 g/mol. The number of hydrogen-bond acceptors (Lipinski definition) is 3. The lowest BCUT2D eigenvalue weighted by Crippen LogP contribution is -2.30. The zero-order chi connectivity index (χ0) is 13.7. The molecule has 1 aromatic rings. The van der Waals surface area contributed by atoms with Crippen molar-refractivity contribution in [3.05, 3.63) is 34.9 Å². The highest BCUT2D eigenvalue weighted by molar-refractivity contribution is 5.97. The molecule has 3 nitrogen and oxygen atoms in total. The molecule has 1 aromatic carbocycles. The molecule has 19 heavy (non-hydrogen) atoms. The summed E-state index contributed by atoms with van der Waals surface area (Å²) >= 11 is 0. The molecule has 0 amide bonds. The van der Waals surface area contributed by atoms with Crippen molar-refractivity contribution in [2.24, 2.45) is 0 Å². The van der Waals surface area contributed by atoms with Crippen molar-refractivity contribution in [2.45, 2.75) is 32.6 Å². The lowest BCUT2D eigenvalue weighted by atomic mass is 10.0. The quantitative estimate of drug-likeness (QED) is 0.735. The number of ketones is 1. The van der Waals surface area contributed by atoms with Gasteiger partial charge in [-0.25, -0.2) is 0 Å². The normalized spacial score (nSPS) is 13.3. The van der Waals surface area contributed by atoms with E-state index in [2.05, 4.69) is 18.2 Å². The van der Waals surface area contributed by atoms with E-state index in [1.54, 1.807) is 0 Å². The van der Waals surface area contributed by atoms with Crippen molar-refractivity contribution in [1.29, 1.82) is 5.26 Å². The number of nitriles is 1. The summed E-state index contributed by atoms with van der Waals surface area (Å²) in [5.74, 6) is 0.162. The minimum Gasteiger partial charge on any atom is -0.295 e. The molecule has 2 rings (SSSR count). The number of benzene rings is 1. The summed E-state index contributed by atoms with van der Waals surface area (Å²) in [6.45, 7) is 3.91. The molecule has 3 heteroatoms. The lowest BCUT2D eigenvalue weighted by molar-refractivity contribution is 0.0935. The maximum Gasteiger partial charge on any atom is 0.176 e. The fourth-order valence-electron chi connectivity index (χ4n) is 2.60. The number of rotatable bonds is 6. The van der Waals surface area contributed by atoms with Crippen molar-refractivity contribution in [1.82, 2.24) is 4.90 Å². The third-order valence-corrected chi connectivity index (χ3v) is 3.77. The van der Waals surface area contributed by atoms with E-state index in [4.69, 9.17) is 5.26 Å². The first-order valence-corrected chi connectivity index (χ1v) is 6.99. The number of carbonyl (C=O) groups is 1. The molecule has 1 aliphatic carbocycles. The van der Waals surface area contributed by atoms with E-state index < -0.39 is 0 Å². The molecule has 0 fully saturated rings. The SMILES string of the molecule is CCN(CCC#N)CC(=O)c1ccc2c(c1)CCC2. The van der Waals surface area contributed by atoms with Crippen LogP contribution in [0, 0.1) is 11.3 Å². The number of hydrogen-bond donors (Lipinski definition) is 0. The summed E-state index contributed by atoms with van der Waals surface area (Å²) < 4.78 is 0. The molecule has 0 saturated heterocycles. The minimum absolute atomic E-state index is 0.162. The van der Waals surface area contributed by atoms with Gasteiger partial charge in [0.15, 0.2) is 5.78 Å². The van der Waals surface area contributed by atoms with Crippen molar-refractivity contribution >= 4 is 5.78 Å². The zero-order valence-corrected chi connectivity index (χ0v) is 11.5. The summed E-state index contributed by atoms with van der Waals surface area (Å²) in [5, 5.41) is 8.61. The van der Waals surface area contributed by atoms with E-state index in [9.17, 15) is 4.79 Å². The molecule has 0 spiro atoms. The van der Waals surface area contributed by atoms with Crippen LogP contribution in [-0.4, -0.2) is 30.3 Å². The standard InChI is InChI=1S/C16H20N2O/c1-2-18(10-4-9-17)12-16(19)15-8-7-13-5-3-6-14(13)11-15/h7-8,11H,2-6,10,12H2,1H3. The molecule has 0 unspecified atom stereocenters. The molecule has 100 valence electrons. The second kappa shape index (κ2) is 6.49. The van der Waals surface area contributed by atoms with Crippen LogP contribution in [0.5, 0.6) is 0 Å². The predicted molar refractivity (Wildman–Crippen MR) is 75.1 cm³/mol. The largest absolute Gasteiger partial charge is 0.295 e. The van der Waals surface area contributed by atoms with Crippen LogP contribution in [0.25, 0.3) is 0 Å². The lowest BCUT2D eigenvalue weighted by Gasteiger charge is -2.18. The first kappa shape index (κ1) is 13.8. The van der Waals surface area contributed by atoms with Gasteiger partial charge in [0.25, 0.3) is 0 Å². The number of Topliss-reactive ketones (excluding diaryl/α,β-unsaturated/α-hetero) is 1. The second-order valence-electron chi connectivity index (χ2n) is 5.04. The molecule has 0 bridgehead atoms. The van der Waals surface area contributed by atoms with Gasteiger partial charge in [-0.15, -0.1) is 0 Å². The van der Waals surface area contributed by atoms with Crippen LogP contribution in [0.2, 0.25) is 0 Å². The summed E-state index contributed by atoms with van der Waals surface area (Å²) in [5.41, 5.74) is 3.55. The Bertz CT molecular complexity index is 502. The first-order chi connectivity index (χ1) is 9.24. The molecule has 0 radical (unpaired) electrons. The Morgan fingerprint density at radius 3 is 2.89 bits per heavy atom. The zero-order valence-electron chi connectivity index (χ0n) is 11.5. The van der Waals surface area contributed by atoms with Gasteiger partial charge in [-0.3, -0.25) is 9.69 Å². The second-order valence-corrected chi connectivity index (χ2v) is 5.04. The van der Waals surface area contributed by atoms with Gasteiger partial charge in [0, 0.05) is 18.5 Å². The van der Waals surface area contributed by atoms with E-state index in [-0.39, 0.29) is 5.78 Å². The van der Waals surface area contributed by atoms with E-state index in [0.29, 0.717) is 19.5 Å². The maximum absolute atomic E-state index is 12.3. The Labute approximate surface area is 114 Å². The fourth-order valence-corrected chi connectivity index (χ4v) is 2.60. The monoisotopic (exact) mass is 256 g/mol. The molecule has 1 aliphatic rings. The average molecular weight is 256 g/mol. The van der Waals surface area contributed by atoms with Crippen molar-refractivity contribution in [3.63, 3.8) is 0 Å². The summed E-state index contributed by atoms with van der Waals surface area (Å²) in [6.07, 6.45) is 3.93. The molecule has 0 aliphatic heterocycles. The smallest absolute Gasteiger partial charge is 0.176 e. The van der Waals surface area contributed by atoms with Gasteiger partial charge in [-0.05, 0) is 43.0 Å². The van der Waals surface area contributed by atoms with Crippen molar-refractivity contribution in [3.8, 4) is 6.07 Å². The van der Waals surface area contributed by atoms with Gasteiger partial charge in [0.2, 0.25) is 0 Å². The van der Waals surface area contributed by atoms with Gasteiger partial charge >= 0.3 is 0 Å². The van der Waals surface area contributed by atoms with Gasteiger partial charge in [0.1, 0.15) is 0 Å². The van der Waals surface area contributed by atoms with Crippen LogP contribution in [0.15, 0.2) is 18.2 Å². The van der Waals surface area contributed by atoms with Gasteiger partial charge < -0.3 is 0 Å². The Morgan fingerprint density at radius 1 is 1.37 bits per heavy atom. The van der Waals surface area contributed by atoms with Crippen LogP contribution in [0.1, 0.15) is 41.3 Å². The van der Waals surface area contributed by atoms with Gasteiger partial charge in [-0.1, -0.05) is 19.1 Å². The topological polar surface area (TPSA) is 44.1 Å². The van der Waals surface area contributed by atoms with E-state index in [1.807, 2.05) is 17.9 Å². The van der Waals surface area contributed by atoms with Crippen LogP contribution in [-0.2, 0) is 12.8 Å².